The number of H-pyrrole nitrogens is 1. The van der Waals surface area contributed by atoms with Gasteiger partial charge in [-0.05, 0) is 31.0 Å². The lowest BCUT2D eigenvalue weighted by molar-refractivity contribution is -0.118. The minimum Gasteiger partial charge on any atom is -0.483 e. The Morgan fingerprint density at radius 2 is 1.80 bits per heavy atom. The number of anilines is 1. The highest BCUT2D eigenvalue weighted by atomic mass is 16.5. The van der Waals surface area contributed by atoms with Gasteiger partial charge in [-0.15, -0.1) is 0 Å². The number of aromatic nitrogens is 2. The predicted octanol–water partition coefficient (Wildman–Crippen LogP) is 3.63. The van der Waals surface area contributed by atoms with Crippen LogP contribution in [0.25, 0.3) is 0 Å². The van der Waals surface area contributed by atoms with Crippen molar-refractivity contribution in [3.05, 3.63) is 77.1 Å². The molecule has 0 aliphatic rings. The van der Waals surface area contributed by atoms with Crippen LogP contribution in [0.4, 0.5) is 5.69 Å². The third-order valence-electron chi connectivity index (χ3n) is 3.96. The number of aromatic amines is 1. The average Bonchev–Trinajstić information content (AvgIpc) is 2.94. The first-order valence-electron chi connectivity index (χ1n) is 8.19. The lowest BCUT2D eigenvalue weighted by atomic mass is 10.0. The number of rotatable bonds is 6. The lowest BCUT2D eigenvalue weighted by Gasteiger charge is -2.12. The van der Waals surface area contributed by atoms with Crippen molar-refractivity contribution in [1.29, 1.82) is 0 Å². The Hall–Kier alpha value is -3.08. The molecular weight excluding hydrogens is 314 g/mol. The number of aryl methyl sites for hydroxylation is 2. The van der Waals surface area contributed by atoms with E-state index in [1.807, 2.05) is 56.3 Å². The van der Waals surface area contributed by atoms with Crippen molar-refractivity contribution in [3.63, 3.8) is 0 Å². The second-order valence-electron chi connectivity index (χ2n) is 5.92. The fraction of sp³-hybridized carbons (Fsp3) is 0.200. The highest BCUT2D eigenvalue weighted by Crippen LogP contribution is 2.22. The molecule has 2 aromatic carbocycles. The van der Waals surface area contributed by atoms with Crippen molar-refractivity contribution in [2.24, 2.45) is 0 Å². The fourth-order valence-corrected chi connectivity index (χ4v) is 2.66. The van der Waals surface area contributed by atoms with Gasteiger partial charge in [0.25, 0.3) is 5.91 Å². The van der Waals surface area contributed by atoms with Gasteiger partial charge >= 0.3 is 0 Å². The van der Waals surface area contributed by atoms with Gasteiger partial charge in [0.05, 0.1) is 17.1 Å². The number of amides is 1. The van der Waals surface area contributed by atoms with Gasteiger partial charge < -0.3 is 10.1 Å². The first-order chi connectivity index (χ1) is 12.1. The van der Waals surface area contributed by atoms with Crippen molar-refractivity contribution in [3.8, 4) is 5.75 Å². The summed E-state index contributed by atoms with van der Waals surface area (Å²) in [6, 6.07) is 18.0. The van der Waals surface area contributed by atoms with Crippen LogP contribution in [0.1, 0.15) is 22.5 Å². The van der Waals surface area contributed by atoms with Gasteiger partial charge in [0.1, 0.15) is 5.75 Å². The molecule has 5 nitrogen and oxygen atoms in total. The Morgan fingerprint density at radius 1 is 1.08 bits per heavy atom. The molecule has 3 rings (SSSR count). The first-order valence-corrected chi connectivity index (χ1v) is 8.19. The summed E-state index contributed by atoms with van der Waals surface area (Å²) in [4.78, 5) is 12.2. The standard InChI is InChI=1S/C20H21N3O2/c1-14-20(15(2)23-22-14)21-19(24)13-25-18-11-7-6-10-17(18)12-16-8-4-3-5-9-16/h3-11H,12-13H2,1-2H3,(H,21,24)(H,22,23). The Bertz CT molecular complexity index is 837. The maximum atomic E-state index is 12.2. The average molecular weight is 335 g/mol. The summed E-state index contributed by atoms with van der Waals surface area (Å²) < 4.78 is 5.76. The third kappa shape index (κ3) is 4.26. The second-order valence-corrected chi connectivity index (χ2v) is 5.92. The van der Waals surface area contributed by atoms with Crippen molar-refractivity contribution in [1.82, 2.24) is 10.2 Å². The van der Waals surface area contributed by atoms with E-state index in [-0.39, 0.29) is 12.5 Å². The normalized spacial score (nSPS) is 10.5. The number of para-hydroxylation sites is 1. The largest absolute Gasteiger partial charge is 0.483 e. The van der Waals surface area contributed by atoms with Gasteiger partial charge in [-0.25, -0.2) is 0 Å². The molecule has 5 heteroatoms. The Labute approximate surface area is 147 Å². The molecule has 1 aromatic heterocycles. The fourth-order valence-electron chi connectivity index (χ4n) is 2.66. The molecule has 0 aliphatic heterocycles. The number of benzene rings is 2. The number of nitrogens with zero attached hydrogens (tertiary/aromatic N) is 1. The van der Waals surface area contributed by atoms with Gasteiger partial charge in [-0.3, -0.25) is 9.89 Å². The molecule has 0 fully saturated rings. The van der Waals surface area contributed by atoms with Crippen LogP contribution in [0.5, 0.6) is 5.75 Å². The molecule has 0 atom stereocenters. The molecule has 1 heterocycles. The van der Waals surface area contributed by atoms with Gasteiger partial charge in [-0.2, -0.15) is 5.10 Å². The quantitative estimate of drug-likeness (QED) is 0.723. The monoisotopic (exact) mass is 335 g/mol. The molecule has 0 unspecified atom stereocenters. The number of hydrogen-bond acceptors (Lipinski definition) is 3. The van der Waals surface area contributed by atoms with Crippen molar-refractivity contribution >= 4 is 11.6 Å². The molecule has 25 heavy (non-hydrogen) atoms. The molecule has 0 bridgehead atoms. The molecule has 1 amide bonds. The van der Waals surface area contributed by atoms with E-state index < -0.39 is 0 Å². The van der Waals surface area contributed by atoms with E-state index >= 15 is 0 Å². The van der Waals surface area contributed by atoms with E-state index in [1.165, 1.54) is 5.56 Å². The van der Waals surface area contributed by atoms with Crippen LogP contribution in [0.15, 0.2) is 54.6 Å². The maximum absolute atomic E-state index is 12.2. The van der Waals surface area contributed by atoms with Gasteiger partial charge in [0, 0.05) is 6.42 Å². The topological polar surface area (TPSA) is 67.0 Å². The summed E-state index contributed by atoms with van der Waals surface area (Å²) in [6.45, 7) is 3.66. The second kappa shape index (κ2) is 7.66. The van der Waals surface area contributed by atoms with E-state index in [4.69, 9.17) is 4.74 Å². The van der Waals surface area contributed by atoms with Crippen LogP contribution in [0.3, 0.4) is 0 Å². The molecule has 128 valence electrons. The number of ether oxygens (including phenoxy) is 1. The lowest BCUT2D eigenvalue weighted by Crippen LogP contribution is -2.21. The van der Waals surface area contributed by atoms with E-state index in [1.54, 1.807) is 0 Å². The zero-order valence-electron chi connectivity index (χ0n) is 14.4. The molecule has 0 aliphatic carbocycles. The third-order valence-corrected chi connectivity index (χ3v) is 3.96. The van der Waals surface area contributed by atoms with Crippen LogP contribution in [-0.4, -0.2) is 22.7 Å². The molecule has 0 saturated heterocycles. The Balaban J connectivity index is 1.64. The smallest absolute Gasteiger partial charge is 0.262 e. The molecular formula is C20H21N3O2. The zero-order valence-corrected chi connectivity index (χ0v) is 14.4. The number of carbonyl (C=O) groups is 1. The summed E-state index contributed by atoms with van der Waals surface area (Å²) in [5.74, 6) is 0.518. The summed E-state index contributed by atoms with van der Waals surface area (Å²) in [5.41, 5.74) is 4.56. The van der Waals surface area contributed by atoms with Crippen LogP contribution >= 0.6 is 0 Å². The number of nitrogens with one attached hydrogen (secondary N) is 2. The van der Waals surface area contributed by atoms with E-state index in [2.05, 4.69) is 27.6 Å². The first kappa shape index (κ1) is 16.8. The van der Waals surface area contributed by atoms with E-state index in [0.717, 1.165) is 29.1 Å². The summed E-state index contributed by atoms with van der Waals surface area (Å²) in [7, 11) is 0. The highest BCUT2D eigenvalue weighted by Gasteiger charge is 2.12. The predicted molar refractivity (Wildman–Crippen MR) is 97.9 cm³/mol. The zero-order chi connectivity index (χ0) is 17.6. The Kier molecular flexibility index (Phi) is 5.14. The SMILES string of the molecule is Cc1n[nH]c(C)c1NC(=O)COc1ccccc1Cc1ccccc1. The number of carbonyl (C=O) groups excluding carboxylic acids is 1. The van der Waals surface area contributed by atoms with Crippen LogP contribution < -0.4 is 10.1 Å². The van der Waals surface area contributed by atoms with Crippen molar-refractivity contribution in [2.45, 2.75) is 20.3 Å². The van der Waals surface area contributed by atoms with Crippen molar-refractivity contribution < 1.29 is 9.53 Å². The molecule has 2 N–H and O–H groups in total. The Morgan fingerprint density at radius 3 is 2.52 bits per heavy atom. The summed E-state index contributed by atoms with van der Waals surface area (Å²) in [5, 5.41) is 9.76. The maximum Gasteiger partial charge on any atom is 0.262 e. The highest BCUT2D eigenvalue weighted by molar-refractivity contribution is 5.92. The minimum absolute atomic E-state index is 0.0458. The van der Waals surface area contributed by atoms with Gasteiger partial charge in [0.2, 0.25) is 0 Å². The molecule has 0 radical (unpaired) electrons. The van der Waals surface area contributed by atoms with Crippen LogP contribution in [0.2, 0.25) is 0 Å². The van der Waals surface area contributed by atoms with Crippen LogP contribution in [-0.2, 0) is 11.2 Å². The van der Waals surface area contributed by atoms with E-state index in [0.29, 0.717) is 5.69 Å². The molecule has 3 aromatic rings. The molecule has 0 saturated carbocycles. The minimum atomic E-state index is -0.206. The van der Waals surface area contributed by atoms with Gasteiger partial charge in [0.15, 0.2) is 6.61 Å². The van der Waals surface area contributed by atoms with Crippen molar-refractivity contribution in [2.75, 3.05) is 11.9 Å². The van der Waals surface area contributed by atoms with Crippen LogP contribution in [0, 0.1) is 13.8 Å². The number of hydrogen-bond donors (Lipinski definition) is 2. The summed E-state index contributed by atoms with van der Waals surface area (Å²) >= 11 is 0. The molecule has 0 spiro atoms. The summed E-state index contributed by atoms with van der Waals surface area (Å²) in [6.07, 6.45) is 0.762. The van der Waals surface area contributed by atoms with Gasteiger partial charge in [-0.1, -0.05) is 48.5 Å². The van der Waals surface area contributed by atoms with E-state index in [9.17, 15) is 4.79 Å².